The fraction of sp³-hybridized carbons (Fsp3) is 0.500. The normalized spacial score (nSPS) is 24.1. The summed E-state index contributed by atoms with van der Waals surface area (Å²) in [6.45, 7) is 3.68. The molecule has 1 heterocycles. The van der Waals surface area contributed by atoms with Gasteiger partial charge in [0.1, 0.15) is 0 Å². The summed E-state index contributed by atoms with van der Waals surface area (Å²) in [5.74, 6) is -0.853. The van der Waals surface area contributed by atoms with Gasteiger partial charge in [0.05, 0.1) is 6.26 Å². The van der Waals surface area contributed by atoms with Gasteiger partial charge < -0.3 is 4.74 Å². The highest BCUT2D eigenvalue weighted by molar-refractivity contribution is 6.43. The third-order valence-electron chi connectivity index (χ3n) is 1.55. The number of allylic oxidation sites excluding steroid dienone is 1. The van der Waals surface area contributed by atoms with Gasteiger partial charge in [-0.15, -0.1) is 0 Å². The quantitative estimate of drug-likeness (QED) is 0.522. The lowest BCUT2D eigenvalue weighted by atomic mass is 9.99. The van der Waals surface area contributed by atoms with Crippen LogP contribution < -0.4 is 0 Å². The average Bonchev–Trinajstić information content (AvgIpc) is 1.94. The van der Waals surface area contributed by atoms with Crippen LogP contribution in [0.1, 0.15) is 13.8 Å². The van der Waals surface area contributed by atoms with Gasteiger partial charge in [-0.25, -0.2) is 0 Å². The maximum Gasteiger partial charge on any atom is 0.243 e. The van der Waals surface area contributed by atoms with Crippen molar-refractivity contribution in [3.8, 4) is 0 Å². The van der Waals surface area contributed by atoms with E-state index in [1.165, 1.54) is 6.26 Å². The third kappa shape index (κ3) is 1.48. The average molecular weight is 154 g/mol. The van der Waals surface area contributed by atoms with Crippen LogP contribution in [-0.2, 0) is 14.3 Å². The zero-order valence-corrected chi connectivity index (χ0v) is 6.53. The fourth-order valence-electron chi connectivity index (χ4n) is 0.930. The molecule has 1 rings (SSSR count). The molecule has 1 unspecified atom stereocenters. The van der Waals surface area contributed by atoms with Crippen molar-refractivity contribution < 1.29 is 14.3 Å². The number of carbonyl (C=O) groups is 2. The summed E-state index contributed by atoms with van der Waals surface area (Å²) in [6, 6.07) is 0. The Morgan fingerprint density at radius 2 is 2.09 bits per heavy atom. The summed E-state index contributed by atoms with van der Waals surface area (Å²) in [7, 11) is 0. The Labute approximate surface area is 65.0 Å². The summed E-state index contributed by atoms with van der Waals surface area (Å²) < 4.78 is 4.97. The van der Waals surface area contributed by atoms with Crippen molar-refractivity contribution in [3.05, 3.63) is 12.3 Å². The molecule has 0 radical (unpaired) electrons. The summed E-state index contributed by atoms with van der Waals surface area (Å²) >= 11 is 0. The Morgan fingerprint density at radius 1 is 1.45 bits per heavy atom. The first-order valence-electron chi connectivity index (χ1n) is 3.53. The molecule has 0 aromatic rings. The minimum absolute atomic E-state index is 0.0522. The molecule has 0 amide bonds. The van der Waals surface area contributed by atoms with Crippen LogP contribution >= 0.6 is 0 Å². The first-order valence-corrected chi connectivity index (χ1v) is 3.53. The molecular weight excluding hydrogens is 144 g/mol. The number of carbonyl (C=O) groups excluding carboxylic acids is 2. The van der Waals surface area contributed by atoms with Crippen LogP contribution in [0.5, 0.6) is 0 Å². The fourth-order valence-corrected chi connectivity index (χ4v) is 0.930. The smallest absolute Gasteiger partial charge is 0.243 e. The number of ether oxygens (including phenoxy) is 1. The number of rotatable bonds is 1. The molecule has 0 saturated heterocycles. The third-order valence-corrected chi connectivity index (χ3v) is 1.55. The van der Waals surface area contributed by atoms with Crippen molar-refractivity contribution in [3.63, 3.8) is 0 Å². The van der Waals surface area contributed by atoms with Gasteiger partial charge in [0, 0.05) is 6.08 Å². The van der Waals surface area contributed by atoms with Gasteiger partial charge in [-0.2, -0.15) is 0 Å². The van der Waals surface area contributed by atoms with Gasteiger partial charge >= 0.3 is 0 Å². The van der Waals surface area contributed by atoms with Crippen LogP contribution in [0.25, 0.3) is 0 Å². The van der Waals surface area contributed by atoms with Crippen LogP contribution in [0.15, 0.2) is 12.3 Å². The zero-order valence-electron chi connectivity index (χ0n) is 6.53. The lowest BCUT2D eigenvalue weighted by Crippen LogP contribution is -2.35. The van der Waals surface area contributed by atoms with E-state index < -0.39 is 17.7 Å². The minimum atomic E-state index is -0.576. The predicted octanol–water partition coefficient (Wildman–Crippen LogP) is 0.693. The molecule has 60 valence electrons. The van der Waals surface area contributed by atoms with Crippen molar-refractivity contribution in [1.82, 2.24) is 0 Å². The molecule has 0 bridgehead atoms. The second-order valence-corrected chi connectivity index (χ2v) is 2.83. The van der Waals surface area contributed by atoms with E-state index in [1.54, 1.807) is 0 Å². The van der Waals surface area contributed by atoms with Gasteiger partial charge in [0.15, 0.2) is 6.10 Å². The maximum atomic E-state index is 11.0. The number of hydrogen-bond donors (Lipinski definition) is 0. The first kappa shape index (κ1) is 7.98. The Bertz CT molecular complexity index is 215. The Balaban J connectivity index is 2.78. The molecule has 0 spiro atoms. The van der Waals surface area contributed by atoms with Crippen molar-refractivity contribution in [2.75, 3.05) is 0 Å². The lowest BCUT2D eigenvalue weighted by Gasteiger charge is -2.20. The Kier molecular flexibility index (Phi) is 2.08. The predicted molar refractivity (Wildman–Crippen MR) is 38.9 cm³/mol. The topological polar surface area (TPSA) is 43.4 Å². The molecule has 0 aromatic carbocycles. The molecule has 1 atom stereocenters. The highest BCUT2D eigenvalue weighted by atomic mass is 16.5. The molecule has 1 aliphatic heterocycles. The highest BCUT2D eigenvalue weighted by Crippen LogP contribution is 2.12. The summed E-state index contributed by atoms with van der Waals surface area (Å²) in [6.07, 6.45) is 1.86. The summed E-state index contributed by atoms with van der Waals surface area (Å²) in [5, 5.41) is 0. The van der Waals surface area contributed by atoms with Crippen LogP contribution in [-0.4, -0.2) is 17.7 Å². The number of ketones is 2. The molecule has 0 saturated carbocycles. The summed E-state index contributed by atoms with van der Waals surface area (Å²) in [5.41, 5.74) is 0. The summed E-state index contributed by atoms with van der Waals surface area (Å²) in [4.78, 5) is 21.8. The largest absolute Gasteiger partial charge is 0.489 e. The molecule has 0 fully saturated rings. The molecule has 0 N–H and O–H groups in total. The van der Waals surface area contributed by atoms with Crippen molar-refractivity contribution in [1.29, 1.82) is 0 Å². The van der Waals surface area contributed by atoms with E-state index in [0.29, 0.717) is 0 Å². The molecule has 11 heavy (non-hydrogen) atoms. The minimum Gasteiger partial charge on any atom is -0.489 e. The molecule has 1 aliphatic rings. The molecule has 0 aromatic heterocycles. The number of Topliss-reactive ketones (excluding diaryl/α,β-unsaturated/α-hetero) is 1. The Hall–Kier alpha value is -1.12. The van der Waals surface area contributed by atoms with E-state index in [-0.39, 0.29) is 5.92 Å². The van der Waals surface area contributed by atoms with Crippen LogP contribution in [0, 0.1) is 5.92 Å². The van der Waals surface area contributed by atoms with Gasteiger partial charge in [0.2, 0.25) is 11.6 Å². The standard InChI is InChI=1S/C8H10O3/c1-5(2)8-7(10)6(9)3-4-11-8/h3-5,8H,1-2H3. The molecular formula is C8H10O3. The van der Waals surface area contributed by atoms with E-state index in [4.69, 9.17) is 4.74 Å². The van der Waals surface area contributed by atoms with E-state index in [9.17, 15) is 9.59 Å². The first-order chi connectivity index (χ1) is 5.13. The van der Waals surface area contributed by atoms with E-state index >= 15 is 0 Å². The van der Waals surface area contributed by atoms with E-state index in [0.717, 1.165) is 6.08 Å². The van der Waals surface area contributed by atoms with Crippen molar-refractivity contribution >= 4 is 11.6 Å². The SMILES string of the molecule is CC(C)C1OC=CC(=O)C1=O. The number of hydrogen-bond acceptors (Lipinski definition) is 3. The highest BCUT2D eigenvalue weighted by Gasteiger charge is 2.29. The van der Waals surface area contributed by atoms with E-state index in [1.807, 2.05) is 13.8 Å². The van der Waals surface area contributed by atoms with Crippen molar-refractivity contribution in [2.24, 2.45) is 5.92 Å². The van der Waals surface area contributed by atoms with Crippen LogP contribution in [0.4, 0.5) is 0 Å². The Morgan fingerprint density at radius 3 is 2.55 bits per heavy atom. The molecule has 3 nitrogen and oxygen atoms in total. The second kappa shape index (κ2) is 2.86. The van der Waals surface area contributed by atoms with Gasteiger partial charge in [-0.3, -0.25) is 9.59 Å². The lowest BCUT2D eigenvalue weighted by molar-refractivity contribution is -0.142. The van der Waals surface area contributed by atoms with Gasteiger partial charge in [-0.05, 0) is 5.92 Å². The monoisotopic (exact) mass is 154 g/mol. The van der Waals surface area contributed by atoms with Gasteiger partial charge in [-0.1, -0.05) is 13.8 Å². The molecule has 0 aliphatic carbocycles. The maximum absolute atomic E-state index is 11.0. The van der Waals surface area contributed by atoms with Crippen LogP contribution in [0.3, 0.4) is 0 Å². The zero-order chi connectivity index (χ0) is 8.43. The van der Waals surface area contributed by atoms with Gasteiger partial charge in [0.25, 0.3) is 0 Å². The molecule has 3 heteroatoms. The van der Waals surface area contributed by atoms with Crippen molar-refractivity contribution in [2.45, 2.75) is 20.0 Å². The second-order valence-electron chi connectivity index (χ2n) is 2.83. The van der Waals surface area contributed by atoms with Crippen LogP contribution in [0.2, 0.25) is 0 Å². The van der Waals surface area contributed by atoms with E-state index in [2.05, 4.69) is 0 Å².